The van der Waals surface area contributed by atoms with E-state index in [-0.39, 0.29) is 11.7 Å². The first-order valence-corrected chi connectivity index (χ1v) is 10.3. The molecule has 3 rings (SSSR count). The Morgan fingerprint density at radius 2 is 1.93 bits per heavy atom. The van der Waals surface area contributed by atoms with Crippen molar-refractivity contribution >= 4 is 17.2 Å². The molecule has 0 spiro atoms. The molecule has 3 N–H and O–H groups in total. The number of phenols is 1. The van der Waals surface area contributed by atoms with Crippen molar-refractivity contribution in [3.63, 3.8) is 0 Å². The number of nitrogens with zero attached hydrogens (tertiary/aromatic N) is 1. The second kappa shape index (κ2) is 8.44. The van der Waals surface area contributed by atoms with E-state index in [1.807, 2.05) is 24.4 Å². The number of primary amides is 1. The second-order valence-corrected chi connectivity index (χ2v) is 7.61. The van der Waals surface area contributed by atoms with Gasteiger partial charge in [0.1, 0.15) is 5.75 Å². The van der Waals surface area contributed by atoms with Crippen LogP contribution >= 0.6 is 11.3 Å². The summed E-state index contributed by atoms with van der Waals surface area (Å²) in [6.45, 7) is 4.94. The Bertz CT molecular complexity index is 909. The van der Waals surface area contributed by atoms with Crippen LogP contribution in [0.25, 0.3) is 11.1 Å². The molecule has 0 aliphatic heterocycles. The predicted octanol–water partition coefficient (Wildman–Crippen LogP) is 4.91. The molecular formula is C22H26N2O2S. The number of rotatable bonds is 8. The maximum atomic E-state index is 12.3. The first-order valence-electron chi connectivity index (χ1n) is 9.35. The van der Waals surface area contributed by atoms with Gasteiger partial charge in [-0.3, -0.25) is 4.79 Å². The van der Waals surface area contributed by atoms with Crippen molar-refractivity contribution in [1.82, 2.24) is 4.57 Å². The molecule has 0 saturated heterocycles. The van der Waals surface area contributed by atoms with Gasteiger partial charge in [0.05, 0.1) is 5.56 Å². The fraction of sp³-hybridized carbons (Fsp3) is 0.318. The predicted molar refractivity (Wildman–Crippen MR) is 111 cm³/mol. The molecule has 0 bridgehead atoms. The summed E-state index contributed by atoms with van der Waals surface area (Å²) >= 11 is 1.63. The highest BCUT2D eigenvalue weighted by Crippen LogP contribution is 2.35. The minimum atomic E-state index is -0.366. The number of aromatic hydroxyl groups is 1. The lowest BCUT2D eigenvalue weighted by molar-refractivity contribution is 0.1000. The number of carbonyl (C=O) groups is 1. The molecule has 2 heterocycles. The average molecular weight is 383 g/mol. The van der Waals surface area contributed by atoms with Gasteiger partial charge in [0.15, 0.2) is 0 Å². The second-order valence-electron chi connectivity index (χ2n) is 6.83. The van der Waals surface area contributed by atoms with Crippen molar-refractivity contribution in [3.05, 3.63) is 63.6 Å². The summed E-state index contributed by atoms with van der Waals surface area (Å²) in [6, 6.07) is 9.36. The molecule has 2 aromatic heterocycles. The lowest BCUT2D eigenvalue weighted by Crippen LogP contribution is -2.13. The van der Waals surface area contributed by atoms with Crippen molar-refractivity contribution < 1.29 is 9.90 Å². The van der Waals surface area contributed by atoms with E-state index >= 15 is 0 Å². The van der Waals surface area contributed by atoms with Crippen LogP contribution in [-0.4, -0.2) is 15.6 Å². The van der Waals surface area contributed by atoms with Crippen molar-refractivity contribution in [3.8, 4) is 16.9 Å². The molecule has 0 unspecified atom stereocenters. The minimum absolute atomic E-state index is 0.273. The molecule has 0 atom stereocenters. The summed E-state index contributed by atoms with van der Waals surface area (Å²) in [5, 5.41) is 13.6. The Kier molecular flexibility index (Phi) is 6.01. The number of hydrogen-bond acceptors (Lipinski definition) is 3. The van der Waals surface area contributed by atoms with Crippen LogP contribution in [0.1, 0.15) is 47.1 Å². The van der Waals surface area contributed by atoms with Gasteiger partial charge in [0.2, 0.25) is 0 Å². The van der Waals surface area contributed by atoms with Crippen LogP contribution in [0, 0.1) is 6.92 Å². The van der Waals surface area contributed by atoms with Crippen molar-refractivity contribution in [2.24, 2.45) is 5.73 Å². The zero-order valence-corrected chi connectivity index (χ0v) is 16.7. The number of benzene rings is 1. The Morgan fingerprint density at radius 3 is 2.52 bits per heavy atom. The van der Waals surface area contributed by atoms with Crippen molar-refractivity contribution in [2.45, 2.75) is 46.1 Å². The smallest absolute Gasteiger partial charge is 0.251 e. The molecule has 0 aliphatic carbocycles. The monoisotopic (exact) mass is 382 g/mol. The third-order valence-corrected chi connectivity index (χ3v) is 5.70. The SMILES string of the molecule is CCCCc1c(-c2ccsc2)c(C(N)=O)c(C)n1CCc1ccc(O)cc1. The van der Waals surface area contributed by atoms with Crippen LogP contribution in [0.3, 0.4) is 0 Å². The number of carbonyl (C=O) groups excluding carboxylic acids is 1. The molecule has 5 heteroatoms. The summed E-state index contributed by atoms with van der Waals surface area (Å²) in [5.41, 5.74) is 11.8. The summed E-state index contributed by atoms with van der Waals surface area (Å²) in [6.07, 6.45) is 3.91. The van der Waals surface area contributed by atoms with E-state index in [1.54, 1.807) is 23.5 Å². The highest BCUT2D eigenvalue weighted by Gasteiger charge is 2.24. The van der Waals surface area contributed by atoms with Crippen molar-refractivity contribution in [1.29, 1.82) is 0 Å². The normalized spacial score (nSPS) is 11.0. The third kappa shape index (κ3) is 4.08. The molecule has 4 nitrogen and oxygen atoms in total. The molecule has 0 radical (unpaired) electrons. The highest BCUT2D eigenvalue weighted by molar-refractivity contribution is 7.08. The topological polar surface area (TPSA) is 68.2 Å². The minimum Gasteiger partial charge on any atom is -0.508 e. The van der Waals surface area contributed by atoms with Crippen LogP contribution in [0.5, 0.6) is 5.75 Å². The summed E-state index contributed by atoms with van der Waals surface area (Å²) in [5.74, 6) is -0.0925. The van der Waals surface area contributed by atoms with Gasteiger partial charge in [-0.05, 0) is 66.3 Å². The largest absolute Gasteiger partial charge is 0.508 e. The molecule has 0 aliphatic rings. The Morgan fingerprint density at radius 1 is 1.19 bits per heavy atom. The first kappa shape index (κ1) is 19.2. The number of nitrogens with two attached hydrogens (primary N) is 1. The lowest BCUT2D eigenvalue weighted by Gasteiger charge is -2.13. The van der Waals surface area contributed by atoms with E-state index in [9.17, 15) is 9.90 Å². The number of phenolic OH excluding ortho intramolecular Hbond substituents is 1. The fourth-order valence-corrected chi connectivity index (χ4v) is 4.27. The van der Waals surface area contributed by atoms with Gasteiger partial charge in [-0.25, -0.2) is 0 Å². The van der Waals surface area contributed by atoms with E-state index in [2.05, 4.69) is 22.9 Å². The van der Waals surface area contributed by atoms with E-state index in [0.717, 1.165) is 54.6 Å². The van der Waals surface area contributed by atoms with E-state index in [0.29, 0.717) is 5.56 Å². The molecule has 142 valence electrons. The van der Waals surface area contributed by atoms with Crippen LogP contribution in [-0.2, 0) is 19.4 Å². The van der Waals surface area contributed by atoms with Crippen LogP contribution in [0.15, 0.2) is 41.1 Å². The molecule has 0 saturated carbocycles. The van der Waals surface area contributed by atoms with Gasteiger partial charge < -0.3 is 15.4 Å². The average Bonchev–Trinajstić information content (AvgIpc) is 3.26. The molecule has 3 aromatic rings. The lowest BCUT2D eigenvalue weighted by atomic mass is 10.00. The molecular weight excluding hydrogens is 356 g/mol. The quantitative estimate of drug-likeness (QED) is 0.581. The van der Waals surface area contributed by atoms with E-state index in [4.69, 9.17) is 5.73 Å². The van der Waals surface area contributed by atoms with Crippen LogP contribution < -0.4 is 5.73 Å². The van der Waals surface area contributed by atoms with Crippen molar-refractivity contribution in [2.75, 3.05) is 0 Å². The maximum Gasteiger partial charge on any atom is 0.251 e. The summed E-state index contributed by atoms with van der Waals surface area (Å²) in [7, 11) is 0. The number of amides is 1. The summed E-state index contributed by atoms with van der Waals surface area (Å²) in [4.78, 5) is 12.3. The Balaban J connectivity index is 2.04. The maximum absolute atomic E-state index is 12.3. The van der Waals surface area contributed by atoms with Gasteiger partial charge in [-0.2, -0.15) is 11.3 Å². The van der Waals surface area contributed by atoms with Crippen LogP contribution in [0.2, 0.25) is 0 Å². The van der Waals surface area contributed by atoms with Crippen LogP contribution in [0.4, 0.5) is 0 Å². The van der Waals surface area contributed by atoms with Gasteiger partial charge >= 0.3 is 0 Å². The van der Waals surface area contributed by atoms with E-state index in [1.165, 1.54) is 5.69 Å². The zero-order chi connectivity index (χ0) is 19.4. The summed E-state index contributed by atoms with van der Waals surface area (Å²) < 4.78 is 2.26. The van der Waals surface area contributed by atoms with Gasteiger partial charge in [0.25, 0.3) is 5.91 Å². The number of hydrogen-bond donors (Lipinski definition) is 2. The van der Waals surface area contributed by atoms with E-state index < -0.39 is 0 Å². The first-order chi connectivity index (χ1) is 13.0. The molecule has 27 heavy (non-hydrogen) atoms. The third-order valence-electron chi connectivity index (χ3n) is 5.01. The molecule has 1 aromatic carbocycles. The molecule has 1 amide bonds. The fourth-order valence-electron chi connectivity index (χ4n) is 3.63. The zero-order valence-electron chi connectivity index (χ0n) is 15.9. The number of unbranched alkanes of at least 4 members (excludes halogenated alkanes) is 1. The Hall–Kier alpha value is -2.53. The standard InChI is InChI=1S/C22H26N2O2S/c1-3-4-5-19-21(17-11-13-27-14-17)20(22(23)26)15(2)24(19)12-10-16-6-8-18(25)9-7-16/h6-9,11,13-14,25H,3-5,10,12H2,1-2H3,(H2,23,26). The Labute approximate surface area is 164 Å². The van der Waals surface area contributed by atoms with Gasteiger partial charge in [-0.15, -0.1) is 0 Å². The highest BCUT2D eigenvalue weighted by atomic mass is 32.1. The van der Waals surface area contributed by atoms with Gasteiger partial charge in [0, 0.05) is 23.5 Å². The number of aryl methyl sites for hydroxylation is 1. The number of aromatic nitrogens is 1. The molecule has 0 fully saturated rings. The number of thiophene rings is 1. The van der Waals surface area contributed by atoms with Gasteiger partial charge in [-0.1, -0.05) is 25.5 Å².